The molecule has 4 N–H and O–H groups in total. The highest BCUT2D eigenvalue weighted by Gasteiger charge is 2.38. The van der Waals surface area contributed by atoms with Gasteiger partial charge in [0.2, 0.25) is 10.0 Å². The first-order chi connectivity index (χ1) is 9.28. The molecule has 114 valence electrons. The van der Waals surface area contributed by atoms with E-state index < -0.39 is 15.6 Å². The van der Waals surface area contributed by atoms with Crippen LogP contribution >= 0.6 is 0 Å². The van der Waals surface area contributed by atoms with Crippen molar-refractivity contribution in [3.05, 3.63) is 6.20 Å². The first-order valence-electron chi connectivity index (χ1n) is 6.72. The number of aliphatic hydroxyl groups excluding tert-OH is 1. The molecule has 1 fully saturated rings. The Labute approximate surface area is 119 Å². The number of nitrogens with zero attached hydrogens (tertiary/aromatic N) is 2. The standard InChI is InChI=1S/C12H22N4O3S/c1-9-3-5-12(8-17,6-4-9)15-20(18,19)10-7-16(2)14-11(10)13/h7,9,15,17H,3-6,8H2,1-2H3,(H2,13,14). The molecule has 0 amide bonds. The van der Waals surface area contributed by atoms with Crippen LogP contribution in [0.5, 0.6) is 0 Å². The first kappa shape index (κ1) is 15.3. The zero-order valence-corrected chi connectivity index (χ0v) is 12.7. The Bertz CT molecular complexity index is 574. The number of rotatable bonds is 4. The smallest absolute Gasteiger partial charge is 0.246 e. The summed E-state index contributed by atoms with van der Waals surface area (Å²) in [6.07, 6.45) is 4.42. The third-order valence-electron chi connectivity index (χ3n) is 4.00. The van der Waals surface area contributed by atoms with Gasteiger partial charge < -0.3 is 10.8 Å². The zero-order valence-electron chi connectivity index (χ0n) is 11.8. The maximum atomic E-state index is 12.4. The molecule has 1 saturated carbocycles. The highest BCUT2D eigenvalue weighted by molar-refractivity contribution is 7.89. The molecule has 0 unspecified atom stereocenters. The van der Waals surface area contributed by atoms with Gasteiger partial charge in [0, 0.05) is 13.2 Å². The summed E-state index contributed by atoms with van der Waals surface area (Å²) in [4.78, 5) is -0.0357. The molecular formula is C12H22N4O3S. The number of nitrogens with two attached hydrogens (primary N) is 1. The predicted octanol–water partition coefficient (Wildman–Crippen LogP) is 0.222. The normalized spacial score (nSPS) is 27.6. The molecule has 20 heavy (non-hydrogen) atoms. The third kappa shape index (κ3) is 2.97. The summed E-state index contributed by atoms with van der Waals surface area (Å²) in [7, 11) is -2.17. The fourth-order valence-electron chi connectivity index (χ4n) is 2.64. The molecule has 7 nitrogen and oxygen atoms in total. The van der Waals surface area contributed by atoms with E-state index in [0.717, 1.165) is 12.8 Å². The Morgan fingerprint density at radius 3 is 2.60 bits per heavy atom. The second kappa shape index (κ2) is 5.34. The zero-order chi connectivity index (χ0) is 15.0. The van der Waals surface area contributed by atoms with Gasteiger partial charge in [-0.15, -0.1) is 0 Å². The quantitative estimate of drug-likeness (QED) is 0.737. The highest BCUT2D eigenvalue weighted by Crippen LogP contribution is 2.33. The number of aryl methyl sites for hydroxylation is 1. The van der Waals surface area contributed by atoms with E-state index in [4.69, 9.17) is 5.73 Å². The molecule has 1 aliphatic carbocycles. The van der Waals surface area contributed by atoms with Gasteiger partial charge >= 0.3 is 0 Å². The molecule has 8 heteroatoms. The van der Waals surface area contributed by atoms with Crippen LogP contribution in [0, 0.1) is 5.92 Å². The van der Waals surface area contributed by atoms with Gasteiger partial charge in [0.15, 0.2) is 5.82 Å². The van der Waals surface area contributed by atoms with Crippen LogP contribution in [0.4, 0.5) is 5.82 Å². The van der Waals surface area contributed by atoms with Crippen molar-refractivity contribution in [3.8, 4) is 0 Å². The predicted molar refractivity (Wildman–Crippen MR) is 75.4 cm³/mol. The van der Waals surface area contributed by atoms with Crippen molar-refractivity contribution < 1.29 is 13.5 Å². The summed E-state index contributed by atoms with van der Waals surface area (Å²) >= 11 is 0. The van der Waals surface area contributed by atoms with Gasteiger partial charge in [0.1, 0.15) is 4.90 Å². The maximum absolute atomic E-state index is 12.4. The van der Waals surface area contributed by atoms with E-state index >= 15 is 0 Å². The van der Waals surface area contributed by atoms with Crippen molar-refractivity contribution >= 4 is 15.8 Å². The van der Waals surface area contributed by atoms with E-state index in [1.807, 2.05) is 0 Å². The number of sulfonamides is 1. The molecule has 2 rings (SSSR count). The largest absolute Gasteiger partial charge is 0.394 e. The number of nitrogen functional groups attached to an aromatic ring is 1. The Morgan fingerprint density at radius 2 is 2.15 bits per heavy atom. The fraction of sp³-hybridized carbons (Fsp3) is 0.750. The van der Waals surface area contributed by atoms with Gasteiger partial charge in [0.25, 0.3) is 0 Å². The lowest BCUT2D eigenvalue weighted by atomic mass is 9.78. The van der Waals surface area contributed by atoms with Gasteiger partial charge in [-0.1, -0.05) is 6.92 Å². The van der Waals surface area contributed by atoms with E-state index in [1.165, 1.54) is 10.9 Å². The first-order valence-corrected chi connectivity index (χ1v) is 8.20. The second-order valence-electron chi connectivity index (χ2n) is 5.78. The minimum Gasteiger partial charge on any atom is -0.394 e. The monoisotopic (exact) mass is 302 g/mol. The van der Waals surface area contributed by atoms with Crippen LogP contribution in [-0.4, -0.2) is 35.5 Å². The molecule has 0 aliphatic heterocycles. The average Bonchev–Trinajstić information content (AvgIpc) is 2.72. The molecule has 0 radical (unpaired) electrons. The van der Waals surface area contributed by atoms with Crippen molar-refractivity contribution in [2.24, 2.45) is 13.0 Å². The Kier molecular flexibility index (Phi) is 4.08. The molecule has 0 spiro atoms. The summed E-state index contributed by atoms with van der Waals surface area (Å²) in [5.74, 6) is 0.528. The molecule has 1 heterocycles. The van der Waals surface area contributed by atoms with Gasteiger partial charge in [0.05, 0.1) is 12.1 Å². The summed E-state index contributed by atoms with van der Waals surface area (Å²) < 4.78 is 28.8. The van der Waals surface area contributed by atoms with Crippen molar-refractivity contribution in [1.29, 1.82) is 0 Å². The average molecular weight is 302 g/mol. The summed E-state index contributed by atoms with van der Waals surface area (Å²) in [6.45, 7) is 1.92. The number of hydrogen-bond acceptors (Lipinski definition) is 5. The van der Waals surface area contributed by atoms with E-state index in [1.54, 1.807) is 7.05 Å². The SMILES string of the molecule is CC1CCC(CO)(NS(=O)(=O)c2cn(C)nc2N)CC1. The van der Waals surface area contributed by atoms with Crippen LogP contribution in [0.15, 0.2) is 11.1 Å². The molecule has 0 aromatic carbocycles. The van der Waals surface area contributed by atoms with Crippen LogP contribution in [0.25, 0.3) is 0 Å². The van der Waals surface area contributed by atoms with Crippen molar-refractivity contribution in [2.45, 2.75) is 43.0 Å². The number of anilines is 1. The minimum absolute atomic E-state index is 0.0303. The van der Waals surface area contributed by atoms with Crippen LogP contribution in [0.3, 0.4) is 0 Å². The number of hydrogen-bond donors (Lipinski definition) is 3. The van der Waals surface area contributed by atoms with Gasteiger partial charge in [-0.3, -0.25) is 4.68 Å². The van der Waals surface area contributed by atoms with Gasteiger partial charge in [-0.25, -0.2) is 13.1 Å². The number of aromatic nitrogens is 2. The van der Waals surface area contributed by atoms with E-state index in [9.17, 15) is 13.5 Å². The topological polar surface area (TPSA) is 110 Å². The Balaban J connectivity index is 2.24. The van der Waals surface area contributed by atoms with Gasteiger partial charge in [-0.05, 0) is 31.6 Å². The third-order valence-corrected chi connectivity index (χ3v) is 5.59. The molecule has 0 bridgehead atoms. The molecular weight excluding hydrogens is 280 g/mol. The second-order valence-corrected chi connectivity index (χ2v) is 7.43. The van der Waals surface area contributed by atoms with Crippen LogP contribution in [0.2, 0.25) is 0 Å². The van der Waals surface area contributed by atoms with Gasteiger partial charge in [-0.2, -0.15) is 5.10 Å². The van der Waals surface area contributed by atoms with Crippen LogP contribution in [0.1, 0.15) is 32.6 Å². The lowest BCUT2D eigenvalue weighted by molar-refractivity contribution is 0.125. The Morgan fingerprint density at radius 1 is 1.55 bits per heavy atom. The van der Waals surface area contributed by atoms with Crippen LogP contribution in [-0.2, 0) is 17.1 Å². The molecule has 0 saturated heterocycles. The lowest BCUT2D eigenvalue weighted by Crippen LogP contribution is -2.53. The molecule has 1 aromatic heterocycles. The maximum Gasteiger partial charge on any atom is 0.246 e. The summed E-state index contributed by atoms with van der Waals surface area (Å²) in [5, 5.41) is 13.5. The lowest BCUT2D eigenvalue weighted by Gasteiger charge is -2.38. The molecule has 0 atom stereocenters. The highest BCUT2D eigenvalue weighted by atomic mass is 32.2. The van der Waals surface area contributed by atoms with E-state index in [0.29, 0.717) is 18.8 Å². The summed E-state index contributed by atoms with van der Waals surface area (Å²) in [6, 6.07) is 0. The number of aliphatic hydroxyl groups is 1. The molecule has 1 aromatic rings. The fourth-order valence-corrected chi connectivity index (χ4v) is 4.19. The molecule has 1 aliphatic rings. The van der Waals surface area contributed by atoms with Crippen molar-refractivity contribution in [3.63, 3.8) is 0 Å². The van der Waals surface area contributed by atoms with Crippen molar-refractivity contribution in [1.82, 2.24) is 14.5 Å². The minimum atomic E-state index is -3.78. The number of nitrogens with one attached hydrogen (secondary N) is 1. The Hall–Kier alpha value is -1.12. The van der Waals surface area contributed by atoms with Crippen molar-refractivity contribution in [2.75, 3.05) is 12.3 Å². The van der Waals surface area contributed by atoms with E-state index in [2.05, 4.69) is 16.7 Å². The van der Waals surface area contributed by atoms with Crippen LogP contribution < -0.4 is 10.5 Å². The van der Waals surface area contributed by atoms with E-state index in [-0.39, 0.29) is 17.3 Å². The summed E-state index contributed by atoms with van der Waals surface area (Å²) in [5.41, 5.74) is 4.84.